The van der Waals surface area contributed by atoms with Gasteiger partial charge in [0.15, 0.2) is 0 Å². The zero-order valence-electron chi connectivity index (χ0n) is 10.8. The maximum absolute atomic E-state index is 11.8. The number of aromatic nitrogens is 2. The summed E-state index contributed by atoms with van der Waals surface area (Å²) in [5.74, 6) is 1.45. The van der Waals surface area contributed by atoms with Crippen LogP contribution in [0.1, 0.15) is 31.5 Å². The van der Waals surface area contributed by atoms with Crippen molar-refractivity contribution >= 4 is 11.6 Å². The van der Waals surface area contributed by atoms with Gasteiger partial charge >= 0.3 is 0 Å². The van der Waals surface area contributed by atoms with Crippen molar-refractivity contribution in [2.24, 2.45) is 5.92 Å². The zero-order valence-corrected chi connectivity index (χ0v) is 10.8. The van der Waals surface area contributed by atoms with Crippen molar-refractivity contribution in [3.05, 3.63) is 18.2 Å². The minimum atomic E-state index is 0.0565. The molecule has 1 amide bonds. The fourth-order valence-corrected chi connectivity index (χ4v) is 2.19. The number of nitrogens with zero attached hydrogens (tertiary/aromatic N) is 2. The van der Waals surface area contributed by atoms with E-state index in [4.69, 9.17) is 0 Å². The topological polar surface area (TPSA) is 66.9 Å². The van der Waals surface area contributed by atoms with Crippen LogP contribution in [0.4, 0.5) is 5.69 Å². The predicted octanol–water partition coefficient (Wildman–Crippen LogP) is 1.50. The molecule has 1 aliphatic heterocycles. The van der Waals surface area contributed by atoms with Crippen LogP contribution in [0.2, 0.25) is 0 Å². The number of carbonyl (C=O) groups is 1. The SMILES string of the molecule is Cc1ncc(NC(=O)CCC2CCNCC2)cn1. The van der Waals surface area contributed by atoms with Gasteiger partial charge in [0.25, 0.3) is 0 Å². The first-order valence-corrected chi connectivity index (χ1v) is 6.53. The Morgan fingerprint density at radius 3 is 2.72 bits per heavy atom. The summed E-state index contributed by atoms with van der Waals surface area (Å²) in [6.07, 6.45) is 7.20. The minimum absolute atomic E-state index is 0.0565. The Balaban J connectivity index is 1.73. The van der Waals surface area contributed by atoms with Crippen LogP contribution in [0.3, 0.4) is 0 Å². The normalized spacial score (nSPS) is 16.5. The van der Waals surface area contributed by atoms with Gasteiger partial charge in [0.2, 0.25) is 5.91 Å². The lowest BCUT2D eigenvalue weighted by molar-refractivity contribution is -0.116. The Kier molecular flexibility index (Phi) is 4.64. The van der Waals surface area contributed by atoms with Gasteiger partial charge in [-0.05, 0) is 45.2 Å². The van der Waals surface area contributed by atoms with Crippen LogP contribution >= 0.6 is 0 Å². The molecule has 5 nitrogen and oxygen atoms in total. The van der Waals surface area contributed by atoms with Crippen molar-refractivity contribution in [1.29, 1.82) is 0 Å². The highest BCUT2D eigenvalue weighted by Gasteiger charge is 2.14. The first-order chi connectivity index (χ1) is 8.74. The summed E-state index contributed by atoms with van der Waals surface area (Å²) in [5, 5.41) is 6.16. The van der Waals surface area contributed by atoms with Gasteiger partial charge in [0.1, 0.15) is 5.82 Å². The molecule has 1 aromatic heterocycles. The van der Waals surface area contributed by atoms with Crippen LogP contribution in [-0.2, 0) is 4.79 Å². The monoisotopic (exact) mass is 248 g/mol. The minimum Gasteiger partial charge on any atom is -0.323 e. The molecule has 2 N–H and O–H groups in total. The fraction of sp³-hybridized carbons (Fsp3) is 0.615. The Labute approximate surface area is 107 Å². The largest absolute Gasteiger partial charge is 0.323 e. The lowest BCUT2D eigenvalue weighted by atomic mass is 9.93. The molecule has 0 saturated carbocycles. The van der Waals surface area contributed by atoms with E-state index in [1.807, 2.05) is 6.92 Å². The summed E-state index contributed by atoms with van der Waals surface area (Å²) in [6.45, 7) is 3.99. The summed E-state index contributed by atoms with van der Waals surface area (Å²) in [5.41, 5.74) is 0.677. The Morgan fingerprint density at radius 2 is 2.06 bits per heavy atom. The second kappa shape index (κ2) is 6.44. The number of nitrogens with one attached hydrogen (secondary N) is 2. The van der Waals surface area contributed by atoms with Crippen LogP contribution in [0.5, 0.6) is 0 Å². The van der Waals surface area contributed by atoms with Crippen LogP contribution in [0.15, 0.2) is 12.4 Å². The number of carbonyl (C=O) groups excluding carboxylic acids is 1. The van der Waals surface area contributed by atoms with Gasteiger partial charge in [-0.3, -0.25) is 4.79 Å². The van der Waals surface area contributed by atoms with E-state index in [0.29, 0.717) is 23.9 Å². The van der Waals surface area contributed by atoms with Crippen LogP contribution in [-0.4, -0.2) is 29.0 Å². The molecule has 1 aliphatic rings. The molecule has 0 bridgehead atoms. The van der Waals surface area contributed by atoms with Crippen molar-refractivity contribution in [2.75, 3.05) is 18.4 Å². The predicted molar refractivity (Wildman–Crippen MR) is 70.2 cm³/mol. The van der Waals surface area contributed by atoms with E-state index in [0.717, 1.165) is 19.5 Å². The third-order valence-corrected chi connectivity index (χ3v) is 3.30. The van der Waals surface area contributed by atoms with Gasteiger partial charge in [-0.1, -0.05) is 0 Å². The van der Waals surface area contributed by atoms with E-state index in [-0.39, 0.29) is 5.91 Å². The smallest absolute Gasteiger partial charge is 0.224 e. The maximum atomic E-state index is 11.8. The molecule has 0 radical (unpaired) electrons. The molecule has 1 saturated heterocycles. The number of hydrogen-bond acceptors (Lipinski definition) is 4. The molecule has 2 heterocycles. The highest BCUT2D eigenvalue weighted by Crippen LogP contribution is 2.18. The summed E-state index contributed by atoms with van der Waals surface area (Å²) in [4.78, 5) is 19.9. The molecule has 0 aliphatic carbocycles. The maximum Gasteiger partial charge on any atom is 0.224 e. The molecule has 0 aromatic carbocycles. The molecular weight excluding hydrogens is 228 g/mol. The van der Waals surface area contributed by atoms with E-state index >= 15 is 0 Å². The first kappa shape index (κ1) is 13.0. The molecule has 0 unspecified atom stereocenters. The highest BCUT2D eigenvalue weighted by atomic mass is 16.1. The summed E-state index contributed by atoms with van der Waals surface area (Å²) >= 11 is 0. The molecular formula is C13H20N4O. The van der Waals surface area contributed by atoms with Crippen molar-refractivity contribution < 1.29 is 4.79 Å². The molecule has 98 valence electrons. The van der Waals surface area contributed by atoms with Crippen molar-refractivity contribution in [3.8, 4) is 0 Å². The number of rotatable bonds is 4. The summed E-state index contributed by atoms with van der Waals surface area (Å²) in [7, 11) is 0. The third-order valence-electron chi connectivity index (χ3n) is 3.30. The van der Waals surface area contributed by atoms with E-state index in [2.05, 4.69) is 20.6 Å². The first-order valence-electron chi connectivity index (χ1n) is 6.53. The lowest BCUT2D eigenvalue weighted by Crippen LogP contribution is -2.28. The average molecular weight is 248 g/mol. The Hall–Kier alpha value is -1.49. The van der Waals surface area contributed by atoms with E-state index in [1.54, 1.807) is 12.4 Å². The van der Waals surface area contributed by atoms with Crippen molar-refractivity contribution in [3.63, 3.8) is 0 Å². The number of anilines is 1. The van der Waals surface area contributed by atoms with Gasteiger partial charge in [-0.15, -0.1) is 0 Å². The molecule has 2 rings (SSSR count). The number of aryl methyl sites for hydroxylation is 1. The molecule has 0 atom stereocenters. The van der Waals surface area contributed by atoms with E-state index < -0.39 is 0 Å². The van der Waals surface area contributed by atoms with Crippen molar-refractivity contribution in [1.82, 2.24) is 15.3 Å². The second-order valence-electron chi connectivity index (χ2n) is 4.80. The number of hydrogen-bond donors (Lipinski definition) is 2. The van der Waals surface area contributed by atoms with E-state index in [1.165, 1.54) is 12.8 Å². The van der Waals surface area contributed by atoms with Crippen LogP contribution < -0.4 is 10.6 Å². The fourth-order valence-electron chi connectivity index (χ4n) is 2.19. The summed E-state index contributed by atoms with van der Waals surface area (Å²) in [6, 6.07) is 0. The molecule has 1 fully saturated rings. The molecule has 18 heavy (non-hydrogen) atoms. The molecule has 5 heteroatoms. The van der Waals surface area contributed by atoms with Gasteiger partial charge in [0, 0.05) is 6.42 Å². The van der Waals surface area contributed by atoms with Crippen molar-refractivity contribution in [2.45, 2.75) is 32.6 Å². The van der Waals surface area contributed by atoms with E-state index in [9.17, 15) is 4.79 Å². The quantitative estimate of drug-likeness (QED) is 0.847. The standard InChI is InChI=1S/C13H20N4O/c1-10-15-8-12(9-16-10)17-13(18)3-2-11-4-6-14-7-5-11/h8-9,11,14H,2-7H2,1H3,(H,17,18). The van der Waals surface area contributed by atoms with Crippen LogP contribution in [0.25, 0.3) is 0 Å². The Bertz CT molecular complexity index is 384. The van der Waals surface area contributed by atoms with Crippen LogP contribution in [0, 0.1) is 12.8 Å². The van der Waals surface area contributed by atoms with Gasteiger partial charge in [0.05, 0.1) is 18.1 Å². The zero-order chi connectivity index (χ0) is 12.8. The number of amides is 1. The third kappa shape index (κ3) is 4.07. The van der Waals surface area contributed by atoms with Gasteiger partial charge in [-0.25, -0.2) is 9.97 Å². The second-order valence-corrected chi connectivity index (χ2v) is 4.80. The molecule has 0 spiro atoms. The van der Waals surface area contributed by atoms with Gasteiger partial charge in [-0.2, -0.15) is 0 Å². The average Bonchev–Trinajstić information content (AvgIpc) is 2.40. The summed E-state index contributed by atoms with van der Waals surface area (Å²) < 4.78 is 0. The Morgan fingerprint density at radius 1 is 1.39 bits per heavy atom. The lowest BCUT2D eigenvalue weighted by Gasteiger charge is -2.22. The van der Waals surface area contributed by atoms with Gasteiger partial charge < -0.3 is 10.6 Å². The molecule has 1 aromatic rings. The highest BCUT2D eigenvalue weighted by molar-refractivity contribution is 5.90. The number of piperidine rings is 1.